The van der Waals surface area contributed by atoms with Gasteiger partial charge in [-0.1, -0.05) is 34.1 Å². The van der Waals surface area contributed by atoms with E-state index < -0.39 is 0 Å². The third kappa shape index (κ3) is 2.21. The van der Waals surface area contributed by atoms with E-state index in [4.69, 9.17) is 5.73 Å². The molecule has 1 atom stereocenters. The van der Waals surface area contributed by atoms with Gasteiger partial charge in [-0.15, -0.1) is 11.3 Å². The Balaban J connectivity index is 2.42. The standard InChI is InChI=1S/C13H14BrNS/c1-8-6-10(7-9(2)12(8)14)13(15)11-4-3-5-16-11/h3-7,13H,15H2,1-2H3. The van der Waals surface area contributed by atoms with Crippen molar-refractivity contribution in [3.05, 3.63) is 55.7 Å². The first-order valence-corrected chi connectivity index (χ1v) is 6.82. The molecule has 0 spiro atoms. The second-order valence-corrected chi connectivity index (χ2v) is 5.73. The highest BCUT2D eigenvalue weighted by atomic mass is 79.9. The van der Waals surface area contributed by atoms with Crippen molar-refractivity contribution in [3.8, 4) is 0 Å². The number of benzene rings is 1. The number of rotatable bonds is 2. The average Bonchev–Trinajstić information content (AvgIpc) is 2.77. The van der Waals surface area contributed by atoms with Crippen molar-refractivity contribution < 1.29 is 0 Å². The topological polar surface area (TPSA) is 26.0 Å². The quantitative estimate of drug-likeness (QED) is 0.884. The molecule has 0 aliphatic carbocycles. The molecule has 0 bridgehead atoms. The van der Waals surface area contributed by atoms with E-state index in [2.05, 4.69) is 53.4 Å². The molecule has 3 heteroatoms. The van der Waals surface area contributed by atoms with Crippen LogP contribution in [0.25, 0.3) is 0 Å². The minimum atomic E-state index is -0.00880. The minimum absolute atomic E-state index is 0.00880. The monoisotopic (exact) mass is 295 g/mol. The molecule has 1 heterocycles. The van der Waals surface area contributed by atoms with E-state index in [1.807, 2.05) is 6.07 Å². The molecule has 0 amide bonds. The number of aryl methyl sites for hydroxylation is 2. The Kier molecular flexibility index (Phi) is 3.47. The van der Waals surface area contributed by atoms with Gasteiger partial charge in [-0.2, -0.15) is 0 Å². The Labute approximate surface area is 108 Å². The average molecular weight is 296 g/mol. The summed E-state index contributed by atoms with van der Waals surface area (Å²) in [5.41, 5.74) is 9.90. The van der Waals surface area contributed by atoms with Gasteiger partial charge in [-0.05, 0) is 42.0 Å². The van der Waals surface area contributed by atoms with Crippen LogP contribution in [0.5, 0.6) is 0 Å². The Bertz CT molecular complexity index is 468. The van der Waals surface area contributed by atoms with E-state index in [0.717, 1.165) is 0 Å². The molecular weight excluding hydrogens is 282 g/mol. The molecule has 0 fully saturated rings. The molecule has 0 saturated carbocycles. The normalized spacial score (nSPS) is 12.8. The fourth-order valence-electron chi connectivity index (χ4n) is 1.79. The number of halogens is 1. The van der Waals surface area contributed by atoms with Gasteiger partial charge in [-0.25, -0.2) is 0 Å². The zero-order chi connectivity index (χ0) is 11.7. The van der Waals surface area contributed by atoms with Crippen molar-refractivity contribution in [1.82, 2.24) is 0 Å². The molecule has 16 heavy (non-hydrogen) atoms. The van der Waals surface area contributed by atoms with E-state index in [9.17, 15) is 0 Å². The van der Waals surface area contributed by atoms with Crippen LogP contribution in [0.2, 0.25) is 0 Å². The maximum atomic E-state index is 6.24. The summed E-state index contributed by atoms with van der Waals surface area (Å²) in [6.45, 7) is 4.20. The first kappa shape index (κ1) is 11.8. The summed E-state index contributed by atoms with van der Waals surface area (Å²) in [6, 6.07) is 8.43. The molecule has 0 aliphatic heterocycles. The van der Waals surface area contributed by atoms with Crippen LogP contribution >= 0.6 is 27.3 Å². The van der Waals surface area contributed by atoms with Crippen LogP contribution in [-0.2, 0) is 0 Å². The van der Waals surface area contributed by atoms with E-state index in [1.165, 1.54) is 26.0 Å². The molecule has 1 aromatic carbocycles. The molecule has 84 valence electrons. The number of hydrogen-bond donors (Lipinski definition) is 1. The van der Waals surface area contributed by atoms with Crippen molar-refractivity contribution in [2.24, 2.45) is 5.73 Å². The van der Waals surface area contributed by atoms with Gasteiger partial charge in [0.25, 0.3) is 0 Å². The second-order valence-electron chi connectivity index (χ2n) is 3.96. The number of hydrogen-bond acceptors (Lipinski definition) is 2. The lowest BCUT2D eigenvalue weighted by Gasteiger charge is -2.13. The Morgan fingerprint density at radius 3 is 2.38 bits per heavy atom. The Hall–Kier alpha value is -0.640. The third-order valence-electron chi connectivity index (χ3n) is 2.67. The molecule has 2 rings (SSSR count). The maximum Gasteiger partial charge on any atom is 0.0646 e. The first-order chi connectivity index (χ1) is 7.59. The first-order valence-electron chi connectivity index (χ1n) is 5.15. The van der Waals surface area contributed by atoms with Crippen molar-refractivity contribution in [1.29, 1.82) is 0 Å². The summed E-state index contributed by atoms with van der Waals surface area (Å²) >= 11 is 5.28. The van der Waals surface area contributed by atoms with Crippen LogP contribution in [0.3, 0.4) is 0 Å². The van der Waals surface area contributed by atoms with E-state index in [1.54, 1.807) is 11.3 Å². The highest BCUT2D eigenvalue weighted by Gasteiger charge is 2.12. The molecule has 1 aromatic heterocycles. The molecule has 1 nitrogen and oxygen atoms in total. The van der Waals surface area contributed by atoms with E-state index in [-0.39, 0.29) is 6.04 Å². The molecular formula is C13H14BrNS. The zero-order valence-corrected chi connectivity index (χ0v) is 11.7. The summed E-state index contributed by atoms with van der Waals surface area (Å²) in [7, 11) is 0. The van der Waals surface area contributed by atoms with Crippen LogP contribution in [0.1, 0.15) is 27.6 Å². The highest BCUT2D eigenvalue weighted by Crippen LogP contribution is 2.29. The van der Waals surface area contributed by atoms with Gasteiger partial charge in [0.05, 0.1) is 6.04 Å². The summed E-state index contributed by atoms with van der Waals surface area (Å²) in [4.78, 5) is 1.21. The van der Waals surface area contributed by atoms with Gasteiger partial charge >= 0.3 is 0 Å². The van der Waals surface area contributed by atoms with Gasteiger partial charge in [-0.3, -0.25) is 0 Å². The molecule has 0 saturated heterocycles. The van der Waals surface area contributed by atoms with Gasteiger partial charge in [0.1, 0.15) is 0 Å². The zero-order valence-electron chi connectivity index (χ0n) is 9.33. The summed E-state index contributed by atoms with van der Waals surface area (Å²) < 4.78 is 1.18. The van der Waals surface area contributed by atoms with Crippen LogP contribution in [0.15, 0.2) is 34.1 Å². The highest BCUT2D eigenvalue weighted by molar-refractivity contribution is 9.10. The predicted molar refractivity (Wildman–Crippen MR) is 74.0 cm³/mol. The molecule has 2 aromatic rings. The van der Waals surface area contributed by atoms with Crippen molar-refractivity contribution in [3.63, 3.8) is 0 Å². The molecule has 1 unspecified atom stereocenters. The fraction of sp³-hybridized carbons (Fsp3) is 0.231. The Morgan fingerprint density at radius 2 is 1.88 bits per heavy atom. The lowest BCUT2D eigenvalue weighted by atomic mass is 10.0. The summed E-state index contributed by atoms with van der Waals surface area (Å²) in [5.74, 6) is 0. The van der Waals surface area contributed by atoms with Crippen molar-refractivity contribution in [2.75, 3.05) is 0 Å². The van der Waals surface area contributed by atoms with E-state index >= 15 is 0 Å². The lowest BCUT2D eigenvalue weighted by Crippen LogP contribution is -2.10. The lowest BCUT2D eigenvalue weighted by molar-refractivity contribution is 0.888. The van der Waals surface area contributed by atoms with Gasteiger partial charge < -0.3 is 5.73 Å². The smallest absolute Gasteiger partial charge is 0.0646 e. The summed E-state index contributed by atoms with van der Waals surface area (Å²) in [5, 5.41) is 2.06. The Morgan fingerprint density at radius 1 is 1.25 bits per heavy atom. The van der Waals surface area contributed by atoms with Gasteiger partial charge in [0.15, 0.2) is 0 Å². The number of thiophene rings is 1. The van der Waals surface area contributed by atoms with Crippen LogP contribution in [-0.4, -0.2) is 0 Å². The van der Waals surface area contributed by atoms with Crippen molar-refractivity contribution >= 4 is 27.3 Å². The van der Waals surface area contributed by atoms with E-state index in [0.29, 0.717) is 0 Å². The van der Waals surface area contributed by atoms with Crippen LogP contribution < -0.4 is 5.73 Å². The predicted octanol–water partition coefficient (Wildman–Crippen LogP) is 4.18. The largest absolute Gasteiger partial charge is 0.320 e. The molecule has 2 N–H and O–H groups in total. The van der Waals surface area contributed by atoms with Gasteiger partial charge in [0, 0.05) is 9.35 Å². The SMILES string of the molecule is Cc1cc(C(N)c2cccs2)cc(C)c1Br. The maximum absolute atomic E-state index is 6.24. The molecule has 0 radical (unpaired) electrons. The third-order valence-corrected chi connectivity index (χ3v) is 4.87. The fourth-order valence-corrected chi connectivity index (χ4v) is 2.77. The summed E-state index contributed by atoms with van der Waals surface area (Å²) in [6.07, 6.45) is 0. The van der Waals surface area contributed by atoms with Gasteiger partial charge in [0.2, 0.25) is 0 Å². The van der Waals surface area contributed by atoms with Crippen molar-refractivity contribution in [2.45, 2.75) is 19.9 Å². The number of nitrogens with two attached hydrogens (primary N) is 1. The van der Waals surface area contributed by atoms with Crippen LogP contribution in [0, 0.1) is 13.8 Å². The second kappa shape index (κ2) is 4.70. The van der Waals surface area contributed by atoms with Crippen LogP contribution in [0.4, 0.5) is 0 Å². The molecule has 0 aliphatic rings. The minimum Gasteiger partial charge on any atom is -0.320 e.